The Bertz CT molecular complexity index is 152. The van der Waals surface area contributed by atoms with E-state index in [-0.39, 0.29) is 11.8 Å². The van der Waals surface area contributed by atoms with Gasteiger partial charge in [0.25, 0.3) is 0 Å². The Morgan fingerprint density at radius 3 is 2.00 bits per heavy atom. The minimum absolute atomic E-state index is 0.223. The van der Waals surface area contributed by atoms with E-state index >= 15 is 0 Å². The van der Waals surface area contributed by atoms with Crippen LogP contribution < -0.4 is 5.32 Å². The van der Waals surface area contributed by atoms with E-state index in [4.69, 9.17) is 0 Å². The molecule has 0 aromatic carbocycles. The molecule has 0 spiro atoms. The second kappa shape index (κ2) is 7.84. The molecule has 2 nitrogen and oxygen atoms in total. The van der Waals surface area contributed by atoms with Crippen molar-refractivity contribution in [3.8, 4) is 0 Å². The van der Waals surface area contributed by atoms with E-state index in [0.29, 0.717) is 6.04 Å². The summed E-state index contributed by atoms with van der Waals surface area (Å²) in [5.74, 6) is 0.476. The first kappa shape index (κ1) is 13.5. The maximum Gasteiger partial charge on any atom is 0.223 e. The molecule has 0 rings (SSSR count). The van der Waals surface area contributed by atoms with Crippen molar-refractivity contribution in [2.45, 2.75) is 65.8 Å². The van der Waals surface area contributed by atoms with Crippen LogP contribution in [0.15, 0.2) is 0 Å². The van der Waals surface area contributed by atoms with Crippen LogP contribution in [0.25, 0.3) is 0 Å². The zero-order valence-electron chi connectivity index (χ0n) is 10.1. The smallest absolute Gasteiger partial charge is 0.223 e. The monoisotopic (exact) mass is 199 g/mol. The highest BCUT2D eigenvalue weighted by atomic mass is 16.1. The molecule has 1 N–H and O–H groups in total. The summed E-state index contributed by atoms with van der Waals surface area (Å²) in [6.45, 7) is 8.46. The molecule has 1 atom stereocenters. The molecule has 0 aliphatic carbocycles. The quantitative estimate of drug-likeness (QED) is 0.670. The normalized spacial score (nSPS) is 12.9. The van der Waals surface area contributed by atoms with Crippen LogP contribution >= 0.6 is 0 Å². The van der Waals surface area contributed by atoms with E-state index in [1.807, 2.05) is 0 Å². The average Bonchev–Trinajstić information content (AvgIpc) is 2.22. The van der Waals surface area contributed by atoms with E-state index in [2.05, 4.69) is 33.0 Å². The molecule has 1 amide bonds. The Labute approximate surface area is 88.5 Å². The van der Waals surface area contributed by atoms with Crippen LogP contribution in [0.3, 0.4) is 0 Å². The molecule has 0 aliphatic rings. The fraction of sp³-hybridized carbons (Fsp3) is 0.917. The molecule has 0 radical (unpaired) electrons. The summed E-state index contributed by atoms with van der Waals surface area (Å²) in [6, 6.07) is 0.369. The number of nitrogens with one attached hydrogen (secondary N) is 1. The molecule has 2 heteroatoms. The van der Waals surface area contributed by atoms with Gasteiger partial charge in [-0.15, -0.1) is 0 Å². The minimum atomic E-state index is 0.223. The third kappa shape index (κ3) is 4.64. The van der Waals surface area contributed by atoms with E-state index in [1.54, 1.807) is 0 Å². The Morgan fingerprint density at radius 2 is 1.64 bits per heavy atom. The van der Waals surface area contributed by atoms with Crippen LogP contribution in [-0.4, -0.2) is 11.9 Å². The SMILES string of the molecule is CCCC(CC)C(=O)NC(CC)CC. The van der Waals surface area contributed by atoms with Crippen LogP contribution in [0.2, 0.25) is 0 Å². The van der Waals surface area contributed by atoms with E-state index in [9.17, 15) is 4.79 Å². The average molecular weight is 199 g/mol. The molecule has 0 fully saturated rings. The second-order valence-electron chi connectivity index (χ2n) is 3.92. The lowest BCUT2D eigenvalue weighted by Crippen LogP contribution is -2.38. The van der Waals surface area contributed by atoms with Gasteiger partial charge in [0.05, 0.1) is 0 Å². The molecule has 0 saturated carbocycles. The van der Waals surface area contributed by atoms with Gasteiger partial charge in [-0.25, -0.2) is 0 Å². The third-order valence-corrected chi connectivity index (χ3v) is 2.83. The molecule has 14 heavy (non-hydrogen) atoms. The number of rotatable bonds is 7. The van der Waals surface area contributed by atoms with Gasteiger partial charge in [-0.05, 0) is 25.7 Å². The minimum Gasteiger partial charge on any atom is -0.353 e. The van der Waals surface area contributed by atoms with Crippen LogP contribution in [-0.2, 0) is 4.79 Å². The van der Waals surface area contributed by atoms with Crippen molar-refractivity contribution < 1.29 is 4.79 Å². The standard InChI is InChI=1S/C12H25NO/c1-5-9-10(6-2)12(14)13-11(7-3)8-4/h10-11H,5-9H2,1-4H3,(H,13,14). The van der Waals surface area contributed by atoms with Gasteiger partial charge in [0.1, 0.15) is 0 Å². The molecule has 1 unspecified atom stereocenters. The van der Waals surface area contributed by atoms with E-state index in [0.717, 1.165) is 32.1 Å². The van der Waals surface area contributed by atoms with Crippen LogP contribution in [0, 0.1) is 5.92 Å². The topological polar surface area (TPSA) is 29.1 Å². The van der Waals surface area contributed by atoms with Gasteiger partial charge in [-0.2, -0.15) is 0 Å². The first-order valence-corrected chi connectivity index (χ1v) is 5.99. The van der Waals surface area contributed by atoms with Gasteiger partial charge in [-0.3, -0.25) is 4.79 Å². The molecule has 84 valence electrons. The highest BCUT2D eigenvalue weighted by Gasteiger charge is 2.17. The number of carbonyl (C=O) groups excluding carboxylic acids is 1. The lowest BCUT2D eigenvalue weighted by Gasteiger charge is -2.19. The maximum absolute atomic E-state index is 11.8. The summed E-state index contributed by atoms with van der Waals surface area (Å²) in [6.07, 6.45) is 5.13. The van der Waals surface area contributed by atoms with Gasteiger partial charge in [-0.1, -0.05) is 34.1 Å². The Kier molecular flexibility index (Phi) is 7.54. The summed E-state index contributed by atoms with van der Waals surface area (Å²) in [5.41, 5.74) is 0. The molecular formula is C12H25NO. The number of hydrogen-bond acceptors (Lipinski definition) is 1. The van der Waals surface area contributed by atoms with Crippen molar-refractivity contribution in [3.05, 3.63) is 0 Å². The van der Waals surface area contributed by atoms with Crippen molar-refractivity contribution in [1.29, 1.82) is 0 Å². The maximum atomic E-state index is 11.8. The molecular weight excluding hydrogens is 174 g/mol. The van der Waals surface area contributed by atoms with Crippen LogP contribution in [0.4, 0.5) is 0 Å². The molecule has 0 saturated heterocycles. The fourth-order valence-corrected chi connectivity index (χ4v) is 1.68. The lowest BCUT2D eigenvalue weighted by molar-refractivity contribution is -0.126. The Balaban J connectivity index is 4.01. The van der Waals surface area contributed by atoms with Crippen LogP contribution in [0.1, 0.15) is 59.8 Å². The van der Waals surface area contributed by atoms with Gasteiger partial charge < -0.3 is 5.32 Å². The molecule has 0 heterocycles. The van der Waals surface area contributed by atoms with Crippen molar-refractivity contribution in [2.75, 3.05) is 0 Å². The van der Waals surface area contributed by atoms with E-state index < -0.39 is 0 Å². The van der Waals surface area contributed by atoms with Crippen molar-refractivity contribution in [3.63, 3.8) is 0 Å². The predicted molar refractivity (Wildman–Crippen MR) is 61.2 cm³/mol. The molecule has 0 aliphatic heterocycles. The van der Waals surface area contributed by atoms with Crippen molar-refractivity contribution in [2.24, 2.45) is 5.92 Å². The number of amides is 1. The molecule has 0 bridgehead atoms. The zero-order chi connectivity index (χ0) is 11.0. The Morgan fingerprint density at radius 1 is 1.07 bits per heavy atom. The summed E-state index contributed by atoms with van der Waals surface area (Å²) < 4.78 is 0. The fourth-order valence-electron chi connectivity index (χ4n) is 1.68. The van der Waals surface area contributed by atoms with Gasteiger partial charge >= 0.3 is 0 Å². The highest BCUT2D eigenvalue weighted by Crippen LogP contribution is 2.11. The third-order valence-electron chi connectivity index (χ3n) is 2.83. The van der Waals surface area contributed by atoms with Gasteiger partial charge in [0, 0.05) is 12.0 Å². The van der Waals surface area contributed by atoms with Gasteiger partial charge in [0.15, 0.2) is 0 Å². The first-order valence-electron chi connectivity index (χ1n) is 5.99. The number of carbonyl (C=O) groups is 1. The van der Waals surface area contributed by atoms with Crippen molar-refractivity contribution >= 4 is 5.91 Å². The molecule has 0 aromatic heterocycles. The van der Waals surface area contributed by atoms with Crippen molar-refractivity contribution in [1.82, 2.24) is 5.32 Å². The summed E-state index contributed by atoms with van der Waals surface area (Å²) in [4.78, 5) is 11.8. The van der Waals surface area contributed by atoms with Gasteiger partial charge in [0.2, 0.25) is 5.91 Å². The largest absolute Gasteiger partial charge is 0.353 e. The predicted octanol–water partition coefficient (Wildman–Crippen LogP) is 3.12. The van der Waals surface area contributed by atoms with Crippen LogP contribution in [0.5, 0.6) is 0 Å². The molecule has 0 aromatic rings. The summed E-state index contributed by atoms with van der Waals surface area (Å²) >= 11 is 0. The zero-order valence-corrected chi connectivity index (χ0v) is 10.1. The Hall–Kier alpha value is -0.530. The van der Waals surface area contributed by atoms with E-state index in [1.165, 1.54) is 0 Å². The highest BCUT2D eigenvalue weighted by molar-refractivity contribution is 5.78. The summed E-state index contributed by atoms with van der Waals surface area (Å²) in [5, 5.41) is 3.11. The second-order valence-corrected chi connectivity index (χ2v) is 3.92. The lowest BCUT2D eigenvalue weighted by atomic mass is 9.99. The number of hydrogen-bond donors (Lipinski definition) is 1. The summed E-state index contributed by atoms with van der Waals surface area (Å²) in [7, 11) is 0. The first-order chi connectivity index (χ1) is 6.69.